The highest BCUT2D eigenvalue weighted by Gasteiger charge is 2.25. The van der Waals surface area contributed by atoms with E-state index in [1.165, 1.54) is 11.3 Å². The van der Waals surface area contributed by atoms with Crippen molar-refractivity contribution in [3.05, 3.63) is 49.6 Å². The molecule has 0 radical (unpaired) electrons. The van der Waals surface area contributed by atoms with Crippen LogP contribution in [0.1, 0.15) is 23.4 Å². The first-order valence-electron chi connectivity index (χ1n) is 6.46. The van der Waals surface area contributed by atoms with Gasteiger partial charge in [-0.2, -0.15) is 0 Å². The number of carbonyl (C=O) groups is 1. The molecule has 0 aliphatic carbocycles. The van der Waals surface area contributed by atoms with Gasteiger partial charge >= 0.3 is 5.97 Å². The van der Waals surface area contributed by atoms with Crippen molar-refractivity contribution in [3.63, 3.8) is 0 Å². The summed E-state index contributed by atoms with van der Waals surface area (Å²) in [5.41, 5.74) is 1.96. The van der Waals surface area contributed by atoms with Gasteiger partial charge in [0.25, 0.3) is 0 Å². The largest absolute Gasteiger partial charge is 0.464 e. The number of thiophene rings is 1. The SMILES string of the molecule is CCOC(=O)C(Nc1ccccc1C)c1cc(Br)c(Cl)s1. The molecule has 112 valence electrons. The van der Waals surface area contributed by atoms with Crippen LogP contribution in [0.15, 0.2) is 34.8 Å². The second kappa shape index (κ2) is 7.29. The molecule has 0 amide bonds. The van der Waals surface area contributed by atoms with E-state index in [2.05, 4.69) is 21.2 Å². The molecule has 2 rings (SSSR count). The minimum atomic E-state index is -0.570. The molecule has 1 heterocycles. The monoisotopic (exact) mass is 387 g/mol. The van der Waals surface area contributed by atoms with Crippen molar-refractivity contribution in [2.75, 3.05) is 11.9 Å². The Bertz CT molecular complexity index is 625. The van der Waals surface area contributed by atoms with E-state index in [0.717, 1.165) is 20.6 Å². The highest BCUT2D eigenvalue weighted by Crippen LogP contribution is 2.37. The Morgan fingerprint density at radius 2 is 2.19 bits per heavy atom. The summed E-state index contributed by atoms with van der Waals surface area (Å²) in [5.74, 6) is -0.314. The van der Waals surface area contributed by atoms with Gasteiger partial charge < -0.3 is 10.1 Å². The van der Waals surface area contributed by atoms with Crippen molar-refractivity contribution in [2.45, 2.75) is 19.9 Å². The maximum atomic E-state index is 12.2. The first-order chi connectivity index (χ1) is 10.0. The van der Waals surface area contributed by atoms with Gasteiger partial charge in [0, 0.05) is 15.0 Å². The molecule has 0 aliphatic heterocycles. The van der Waals surface area contributed by atoms with Crippen molar-refractivity contribution in [2.24, 2.45) is 0 Å². The summed E-state index contributed by atoms with van der Waals surface area (Å²) < 4.78 is 6.57. The topological polar surface area (TPSA) is 38.3 Å². The van der Waals surface area contributed by atoms with E-state index in [0.29, 0.717) is 10.9 Å². The number of para-hydroxylation sites is 1. The molecule has 0 spiro atoms. The van der Waals surface area contributed by atoms with Crippen LogP contribution in [0, 0.1) is 6.92 Å². The Hall–Kier alpha value is -1.04. The molecule has 6 heteroatoms. The minimum absolute atomic E-state index is 0.314. The van der Waals surface area contributed by atoms with E-state index < -0.39 is 6.04 Å². The second-order valence-electron chi connectivity index (χ2n) is 4.41. The summed E-state index contributed by atoms with van der Waals surface area (Å²) in [7, 11) is 0. The Labute approximate surface area is 141 Å². The first-order valence-corrected chi connectivity index (χ1v) is 8.45. The van der Waals surface area contributed by atoms with Crippen molar-refractivity contribution in [1.82, 2.24) is 0 Å². The predicted molar refractivity (Wildman–Crippen MR) is 91.2 cm³/mol. The van der Waals surface area contributed by atoms with Gasteiger partial charge in [-0.25, -0.2) is 4.79 Å². The van der Waals surface area contributed by atoms with Gasteiger partial charge in [-0.1, -0.05) is 29.8 Å². The Balaban J connectivity index is 2.32. The quantitative estimate of drug-likeness (QED) is 0.716. The van der Waals surface area contributed by atoms with E-state index in [4.69, 9.17) is 16.3 Å². The maximum absolute atomic E-state index is 12.2. The lowest BCUT2D eigenvalue weighted by Crippen LogP contribution is -2.22. The van der Waals surface area contributed by atoms with Crippen molar-refractivity contribution in [3.8, 4) is 0 Å². The van der Waals surface area contributed by atoms with Crippen molar-refractivity contribution in [1.29, 1.82) is 0 Å². The normalized spacial score (nSPS) is 12.0. The number of hydrogen-bond acceptors (Lipinski definition) is 4. The fourth-order valence-corrected chi connectivity index (χ4v) is 3.64. The van der Waals surface area contributed by atoms with E-state index >= 15 is 0 Å². The number of ether oxygens (including phenoxy) is 1. The van der Waals surface area contributed by atoms with Crippen LogP contribution in [0.4, 0.5) is 5.69 Å². The van der Waals surface area contributed by atoms with E-state index in [-0.39, 0.29) is 5.97 Å². The van der Waals surface area contributed by atoms with Gasteiger partial charge in [-0.3, -0.25) is 0 Å². The number of rotatable bonds is 5. The van der Waals surface area contributed by atoms with Crippen LogP contribution in [0.3, 0.4) is 0 Å². The van der Waals surface area contributed by atoms with Crippen LogP contribution in [-0.4, -0.2) is 12.6 Å². The highest BCUT2D eigenvalue weighted by atomic mass is 79.9. The minimum Gasteiger partial charge on any atom is -0.464 e. The van der Waals surface area contributed by atoms with Gasteiger partial charge in [0.2, 0.25) is 0 Å². The smallest absolute Gasteiger partial charge is 0.334 e. The molecular formula is C15H15BrClNO2S. The summed E-state index contributed by atoms with van der Waals surface area (Å²) in [6.07, 6.45) is 0. The molecule has 1 unspecified atom stereocenters. The number of anilines is 1. The molecule has 1 aromatic carbocycles. The van der Waals surface area contributed by atoms with Crippen LogP contribution in [0.2, 0.25) is 4.34 Å². The van der Waals surface area contributed by atoms with Crippen molar-refractivity contribution >= 4 is 50.5 Å². The number of aryl methyl sites for hydroxylation is 1. The van der Waals surface area contributed by atoms with Crippen LogP contribution in [-0.2, 0) is 9.53 Å². The molecule has 1 aromatic heterocycles. The van der Waals surface area contributed by atoms with E-state index in [1.54, 1.807) is 6.92 Å². The fourth-order valence-electron chi connectivity index (χ4n) is 1.87. The maximum Gasteiger partial charge on any atom is 0.334 e. The third-order valence-electron chi connectivity index (χ3n) is 2.92. The lowest BCUT2D eigenvalue weighted by Gasteiger charge is -2.18. The molecule has 0 saturated heterocycles. The zero-order chi connectivity index (χ0) is 15.4. The lowest BCUT2D eigenvalue weighted by atomic mass is 10.1. The summed E-state index contributed by atoms with van der Waals surface area (Å²) in [6, 6.07) is 9.08. The van der Waals surface area contributed by atoms with Gasteiger partial charge in [-0.15, -0.1) is 11.3 Å². The average Bonchev–Trinajstić information content (AvgIpc) is 2.77. The van der Waals surface area contributed by atoms with Crippen molar-refractivity contribution < 1.29 is 9.53 Å². The van der Waals surface area contributed by atoms with Crippen LogP contribution < -0.4 is 5.32 Å². The van der Waals surface area contributed by atoms with Crippen LogP contribution in [0.25, 0.3) is 0 Å². The van der Waals surface area contributed by atoms with Gasteiger partial charge in [0.15, 0.2) is 6.04 Å². The molecule has 0 aliphatic rings. The third kappa shape index (κ3) is 3.99. The Morgan fingerprint density at radius 1 is 1.48 bits per heavy atom. The van der Waals surface area contributed by atoms with E-state index in [1.807, 2.05) is 37.3 Å². The zero-order valence-corrected chi connectivity index (χ0v) is 14.8. The molecule has 0 bridgehead atoms. The summed E-state index contributed by atoms with van der Waals surface area (Å²) in [4.78, 5) is 13.1. The van der Waals surface area contributed by atoms with Gasteiger partial charge in [0.05, 0.1) is 6.61 Å². The number of esters is 1. The standard InChI is InChI=1S/C15H15BrClNO2S/c1-3-20-15(19)13(12-8-10(16)14(17)21-12)18-11-7-5-4-6-9(11)2/h4-8,13,18H,3H2,1-2H3. The first kappa shape index (κ1) is 16.3. The number of benzene rings is 1. The summed E-state index contributed by atoms with van der Waals surface area (Å²) in [5, 5.41) is 3.25. The average molecular weight is 389 g/mol. The molecule has 1 N–H and O–H groups in total. The predicted octanol–water partition coefficient (Wildman–Crippen LogP) is 5.19. The molecular weight excluding hydrogens is 374 g/mol. The number of hydrogen-bond donors (Lipinski definition) is 1. The van der Waals surface area contributed by atoms with Gasteiger partial charge in [0.1, 0.15) is 4.34 Å². The summed E-state index contributed by atoms with van der Waals surface area (Å²) in [6.45, 7) is 4.12. The Kier molecular flexibility index (Phi) is 5.67. The summed E-state index contributed by atoms with van der Waals surface area (Å²) >= 11 is 10.8. The fraction of sp³-hybridized carbons (Fsp3) is 0.267. The van der Waals surface area contributed by atoms with Crippen LogP contribution in [0.5, 0.6) is 0 Å². The molecule has 3 nitrogen and oxygen atoms in total. The molecule has 1 atom stereocenters. The molecule has 21 heavy (non-hydrogen) atoms. The molecule has 2 aromatic rings. The highest BCUT2D eigenvalue weighted by molar-refractivity contribution is 9.10. The zero-order valence-electron chi connectivity index (χ0n) is 11.7. The number of nitrogens with one attached hydrogen (secondary N) is 1. The Morgan fingerprint density at radius 3 is 2.76 bits per heavy atom. The second-order valence-corrected chi connectivity index (χ2v) is 6.95. The number of carbonyl (C=O) groups excluding carboxylic acids is 1. The molecule has 0 fully saturated rings. The van der Waals surface area contributed by atoms with Crippen LogP contribution >= 0.6 is 38.9 Å². The third-order valence-corrected chi connectivity index (χ3v) is 5.46. The molecule has 0 saturated carbocycles. The van der Waals surface area contributed by atoms with E-state index in [9.17, 15) is 4.79 Å². The number of halogens is 2. The lowest BCUT2D eigenvalue weighted by molar-refractivity contribution is -0.144. The van der Waals surface area contributed by atoms with Gasteiger partial charge in [-0.05, 0) is 47.5 Å².